The van der Waals surface area contributed by atoms with Crippen LogP contribution in [-0.4, -0.2) is 48.3 Å². The molecule has 4 aromatic rings. The summed E-state index contributed by atoms with van der Waals surface area (Å²) >= 11 is 0. The van der Waals surface area contributed by atoms with Gasteiger partial charge in [-0.25, -0.2) is 18.3 Å². The number of esters is 1. The van der Waals surface area contributed by atoms with Crippen molar-refractivity contribution in [1.29, 1.82) is 0 Å². The highest BCUT2D eigenvalue weighted by Crippen LogP contribution is 2.32. The Hall–Kier alpha value is -4.90. The molecule has 228 valence electrons. The number of hydrogen-bond acceptors (Lipinski definition) is 7. The van der Waals surface area contributed by atoms with Crippen LogP contribution < -0.4 is 4.72 Å². The quantitative estimate of drug-likeness (QED) is 0.255. The van der Waals surface area contributed by atoms with Gasteiger partial charge in [-0.3, -0.25) is 4.79 Å². The third-order valence-corrected chi connectivity index (χ3v) is 8.82. The zero-order chi connectivity index (χ0) is 31.1. The fraction of sp³-hybridized carbons (Fsp3) is 0.242. The number of ether oxygens (including phenoxy) is 2. The zero-order valence-corrected chi connectivity index (χ0v) is 25.0. The first-order valence-electron chi connectivity index (χ1n) is 14.2. The molecule has 1 aliphatic rings. The lowest BCUT2D eigenvalue weighted by Gasteiger charge is -2.31. The van der Waals surface area contributed by atoms with Gasteiger partial charge in [-0.1, -0.05) is 84.9 Å². The van der Waals surface area contributed by atoms with Gasteiger partial charge in [0.15, 0.2) is 5.69 Å². The minimum atomic E-state index is -4.59. The first-order chi connectivity index (χ1) is 21.2. The van der Waals surface area contributed by atoms with E-state index < -0.39 is 22.3 Å². The van der Waals surface area contributed by atoms with E-state index in [1.807, 2.05) is 46.0 Å². The first kappa shape index (κ1) is 30.6. The Morgan fingerprint density at radius 3 is 1.93 bits per heavy atom. The first-order valence-corrected chi connectivity index (χ1v) is 15.7. The number of nitrogens with one attached hydrogen (secondary N) is 1. The van der Waals surface area contributed by atoms with Crippen molar-refractivity contribution in [2.75, 3.05) is 13.1 Å². The average Bonchev–Trinajstić information content (AvgIpc) is 3.50. The summed E-state index contributed by atoms with van der Waals surface area (Å²) < 4.78 is 39.9. The second-order valence-corrected chi connectivity index (χ2v) is 12.1. The number of aromatic nitrogens is 1. The van der Waals surface area contributed by atoms with Gasteiger partial charge in [0.25, 0.3) is 0 Å². The van der Waals surface area contributed by atoms with Gasteiger partial charge in [0.2, 0.25) is 5.91 Å². The van der Waals surface area contributed by atoms with Crippen LogP contribution in [0.1, 0.15) is 52.9 Å². The van der Waals surface area contributed by atoms with Crippen molar-refractivity contribution in [2.24, 2.45) is 0 Å². The molecule has 0 saturated carbocycles. The van der Waals surface area contributed by atoms with Gasteiger partial charge >= 0.3 is 22.3 Å². The smallest absolute Gasteiger partial charge is 0.422 e. The van der Waals surface area contributed by atoms with E-state index in [0.717, 1.165) is 24.0 Å². The van der Waals surface area contributed by atoms with Crippen LogP contribution in [0.15, 0.2) is 97.2 Å². The minimum absolute atomic E-state index is 0.0730. The van der Waals surface area contributed by atoms with Gasteiger partial charge in [0.05, 0.1) is 0 Å². The summed E-state index contributed by atoms with van der Waals surface area (Å²) in [5, 5.41) is 0. The predicted octanol–water partition coefficient (Wildman–Crippen LogP) is 5.26. The Morgan fingerprint density at radius 2 is 1.36 bits per heavy atom. The molecule has 0 bridgehead atoms. The number of hydrogen-bond donors (Lipinski definition) is 1. The largest absolute Gasteiger partial charge is 0.456 e. The third kappa shape index (κ3) is 7.35. The molecule has 0 unspecified atom stereocenters. The molecular formula is C33H33N3O7S. The summed E-state index contributed by atoms with van der Waals surface area (Å²) in [5.74, 6) is -0.521. The molecule has 0 atom stereocenters. The summed E-state index contributed by atoms with van der Waals surface area (Å²) in [6.07, 6.45) is 1.70. The molecule has 0 radical (unpaired) electrons. The van der Waals surface area contributed by atoms with Gasteiger partial charge in [-0.05, 0) is 47.1 Å². The molecular weight excluding hydrogens is 582 g/mol. The van der Waals surface area contributed by atoms with E-state index in [9.17, 15) is 22.8 Å². The second kappa shape index (κ2) is 13.6. The van der Waals surface area contributed by atoms with Gasteiger partial charge in [-0.2, -0.15) is 8.42 Å². The highest BCUT2D eigenvalue weighted by atomic mass is 32.2. The van der Waals surface area contributed by atoms with Crippen molar-refractivity contribution in [2.45, 2.75) is 38.9 Å². The molecule has 44 heavy (non-hydrogen) atoms. The molecule has 1 saturated heterocycles. The summed E-state index contributed by atoms with van der Waals surface area (Å²) in [4.78, 5) is 39.4. The van der Waals surface area contributed by atoms with Crippen LogP contribution in [0.2, 0.25) is 0 Å². The molecule has 1 aromatic heterocycles. The lowest BCUT2D eigenvalue weighted by Crippen LogP contribution is -2.36. The summed E-state index contributed by atoms with van der Waals surface area (Å²) in [7, 11) is -4.59. The normalized spacial score (nSPS) is 13.7. The number of benzene rings is 3. The summed E-state index contributed by atoms with van der Waals surface area (Å²) in [5.41, 5.74) is 3.17. The zero-order valence-electron chi connectivity index (χ0n) is 24.2. The lowest BCUT2D eigenvalue weighted by atomic mass is 9.88. The Bertz CT molecular complexity index is 1710. The number of rotatable bonds is 9. The topological polar surface area (TPSA) is 124 Å². The fourth-order valence-corrected chi connectivity index (χ4v) is 6.21. The third-order valence-electron chi connectivity index (χ3n) is 7.58. The molecule has 0 spiro atoms. The molecule has 5 rings (SSSR count). The maximum absolute atomic E-state index is 13.5. The lowest BCUT2D eigenvalue weighted by molar-refractivity contribution is -0.129. The molecule has 11 heteroatoms. The Balaban J connectivity index is 1.38. The monoisotopic (exact) mass is 615 g/mol. The van der Waals surface area contributed by atoms with Gasteiger partial charge in [0, 0.05) is 31.8 Å². The van der Waals surface area contributed by atoms with E-state index in [-0.39, 0.29) is 30.7 Å². The standard InChI is InChI=1S/C33H33N3O7S/c1-24(37)35-19-16-28(17-20-35)27-12-14-29(15-13-27)30-18-21-36(31(30)32(38)42-22-25-8-4-2-5-9-25)44(40,41)34-33(39)43-23-26-10-6-3-7-11-26/h2-15,18,21,28H,16-17,19-20,22-23H2,1H3,(H,34,39). The Kier molecular flexibility index (Phi) is 9.44. The van der Waals surface area contributed by atoms with Crippen molar-refractivity contribution in [3.8, 4) is 11.1 Å². The van der Waals surface area contributed by atoms with Crippen molar-refractivity contribution in [3.63, 3.8) is 0 Å². The molecule has 1 aliphatic heterocycles. The molecule has 10 nitrogen and oxygen atoms in total. The van der Waals surface area contributed by atoms with Crippen LogP contribution in [0.3, 0.4) is 0 Å². The Labute approximate surface area is 256 Å². The van der Waals surface area contributed by atoms with Crippen LogP contribution >= 0.6 is 0 Å². The van der Waals surface area contributed by atoms with Crippen LogP contribution in [0.5, 0.6) is 0 Å². The van der Waals surface area contributed by atoms with Gasteiger partial charge < -0.3 is 14.4 Å². The number of nitrogens with zero attached hydrogens (tertiary/aromatic N) is 2. The fourth-order valence-electron chi connectivity index (χ4n) is 5.21. The van der Waals surface area contributed by atoms with E-state index in [2.05, 4.69) is 0 Å². The minimum Gasteiger partial charge on any atom is -0.456 e. The Morgan fingerprint density at radius 1 is 0.795 bits per heavy atom. The maximum atomic E-state index is 13.5. The average molecular weight is 616 g/mol. The number of carbonyl (C=O) groups excluding carboxylic acids is 3. The van der Waals surface area contributed by atoms with Crippen molar-refractivity contribution < 1.29 is 32.3 Å². The molecule has 1 N–H and O–H groups in total. The molecule has 3 aromatic carbocycles. The molecule has 2 heterocycles. The number of piperidine rings is 1. The highest BCUT2D eigenvalue weighted by molar-refractivity contribution is 7.88. The van der Waals surface area contributed by atoms with Crippen LogP contribution in [-0.2, 0) is 37.7 Å². The maximum Gasteiger partial charge on any atom is 0.422 e. The second-order valence-electron chi connectivity index (χ2n) is 10.5. The van der Waals surface area contributed by atoms with Gasteiger partial charge in [0.1, 0.15) is 13.2 Å². The van der Waals surface area contributed by atoms with E-state index in [4.69, 9.17) is 9.47 Å². The van der Waals surface area contributed by atoms with Crippen LogP contribution in [0.25, 0.3) is 11.1 Å². The van der Waals surface area contributed by atoms with E-state index >= 15 is 0 Å². The summed E-state index contributed by atoms with van der Waals surface area (Å²) in [6.45, 7) is 2.76. The predicted molar refractivity (Wildman–Crippen MR) is 164 cm³/mol. The number of amides is 2. The number of carbonyl (C=O) groups is 3. The van der Waals surface area contributed by atoms with Crippen molar-refractivity contribution in [1.82, 2.24) is 13.6 Å². The number of likely N-dealkylation sites (tertiary alicyclic amines) is 1. The summed E-state index contributed by atoms with van der Waals surface area (Å²) in [6, 6.07) is 26.9. The van der Waals surface area contributed by atoms with Gasteiger partial charge in [-0.15, -0.1) is 0 Å². The molecule has 0 aliphatic carbocycles. The van der Waals surface area contributed by atoms with E-state index in [1.54, 1.807) is 55.5 Å². The van der Waals surface area contributed by atoms with Crippen LogP contribution in [0.4, 0.5) is 4.79 Å². The highest BCUT2D eigenvalue weighted by Gasteiger charge is 2.29. The molecule has 2 amide bonds. The SMILES string of the molecule is CC(=O)N1CCC(c2ccc(-c3ccn(S(=O)(=O)NC(=O)OCc4ccccc4)c3C(=O)OCc3ccccc3)cc2)CC1. The van der Waals surface area contributed by atoms with Crippen molar-refractivity contribution >= 4 is 28.2 Å². The van der Waals surface area contributed by atoms with E-state index in [1.165, 1.54) is 12.3 Å². The van der Waals surface area contributed by atoms with Crippen molar-refractivity contribution in [3.05, 3.63) is 120 Å². The van der Waals surface area contributed by atoms with Crippen LogP contribution in [0, 0.1) is 0 Å². The van der Waals surface area contributed by atoms with E-state index in [0.29, 0.717) is 33.8 Å². The molecule has 1 fully saturated rings.